The van der Waals surface area contributed by atoms with Crippen molar-refractivity contribution in [3.8, 4) is 17.2 Å². The van der Waals surface area contributed by atoms with Gasteiger partial charge in [0.15, 0.2) is 0 Å². The Hall–Kier alpha value is -2.00. The Kier molecular flexibility index (Phi) is 4.74. The first-order valence-electron chi connectivity index (χ1n) is 7.56. The van der Waals surface area contributed by atoms with E-state index >= 15 is 0 Å². The molecule has 0 spiro atoms. The molecule has 1 aliphatic heterocycles. The van der Waals surface area contributed by atoms with Gasteiger partial charge in [-0.05, 0) is 55.8 Å². The Morgan fingerprint density at radius 2 is 1.62 bits per heavy atom. The van der Waals surface area contributed by atoms with Gasteiger partial charge in [0.05, 0.1) is 6.61 Å². The minimum atomic E-state index is 0.624. The predicted octanol–water partition coefficient (Wildman–Crippen LogP) is 3.86. The molecular weight excluding hydrogens is 262 g/mol. The fraction of sp³-hybridized carbons (Fsp3) is 0.333. The molecular formula is C18H21NO2. The third-order valence-corrected chi connectivity index (χ3v) is 3.69. The molecule has 0 aliphatic carbocycles. The normalized spacial score (nSPS) is 18.2. The van der Waals surface area contributed by atoms with Gasteiger partial charge < -0.3 is 14.8 Å². The molecule has 21 heavy (non-hydrogen) atoms. The van der Waals surface area contributed by atoms with Crippen LogP contribution in [-0.2, 0) is 0 Å². The van der Waals surface area contributed by atoms with Gasteiger partial charge in [0.2, 0.25) is 0 Å². The maximum Gasteiger partial charge on any atom is 0.127 e. The standard InChI is InChI=1S/C18H21NO2/c1-2-6-17(7-3-1)21-18-10-8-16(9-11-18)20-14-15-5-4-12-19-13-15/h1-3,6-11,15,19H,4-5,12-14H2. The molecule has 0 aromatic heterocycles. The summed E-state index contributed by atoms with van der Waals surface area (Å²) in [6.45, 7) is 2.99. The van der Waals surface area contributed by atoms with Crippen molar-refractivity contribution in [1.82, 2.24) is 5.32 Å². The maximum atomic E-state index is 5.86. The van der Waals surface area contributed by atoms with Gasteiger partial charge in [-0.25, -0.2) is 0 Å². The topological polar surface area (TPSA) is 30.5 Å². The van der Waals surface area contributed by atoms with E-state index in [1.54, 1.807) is 0 Å². The summed E-state index contributed by atoms with van der Waals surface area (Å²) >= 11 is 0. The van der Waals surface area contributed by atoms with Gasteiger partial charge in [-0.3, -0.25) is 0 Å². The number of nitrogens with one attached hydrogen (secondary N) is 1. The van der Waals surface area contributed by atoms with Gasteiger partial charge in [0.25, 0.3) is 0 Å². The summed E-state index contributed by atoms with van der Waals surface area (Å²) in [6, 6.07) is 17.6. The highest BCUT2D eigenvalue weighted by Crippen LogP contribution is 2.24. The molecule has 1 fully saturated rings. The van der Waals surface area contributed by atoms with Gasteiger partial charge in [-0.2, -0.15) is 0 Å². The zero-order chi connectivity index (χ0) is 14.3. The Morgan fingerprint density at radius 1 is 0.905 bits per heavy atom. The molecule has 2 aromatic carbocycles. The number of hydrogen-bond acceptors (Lipinski definition) is 3. The second kappa shape index (κ2) is 7.14. The molecule has 1 N–H and O–H groups in total. The van der Waals surface area contributed by atoms with Crippen molar-refractivity contribution >= 4 is 0 Å². The molecule has 1 unspecified atom stereocenters. The quantitative estimate of drug-likeness (QED) is 0.904. The second-order valence-corrected chi connectivity index (χ2v) is 5.41. The number of ether oxygens (including phenoxy) is 2. The lowest BCUT2D eigenvalue weighted by Gasteiger charge is -2.22. The smallest absolute Gasteiger partial charge is 0.127 e. The van der Waals surface area contributed by atoms with Crippen LogP contribution in [0, 0.1) is 5.92 Å². The Morgan fingerprint density at radius 3 is 2.33 bits per heavy atom. The zero-order valence-electron chi connectivity index (χ0n) is 12.1. The van der Waals surface area contributed by atoms with Gasteiger partial charge in [-0.1, -0.05) is 18.2 Å². The molecule has 0 radical (unpaired) electrons. The molecule has 1 heterocycles. The Balaban J connectivity index is 1.51. The molecule has 3 rings (SSSR count). The van der Waals surface area contributed by atoms with Crippen molar-refractivity contribution in [2.75, 3.05) is 19.7 Å². The van der Waals surface area contributed by atoms with Crippen LogP contribution in [-0.4, -0.2) is 19.7 Å². The minimum absolute atomic E-state index is 0.624. The molecule has 0 saturated carbocycles. The molecule has 3 nitrogen and oxygen atoms in total. The van der Waals surface area contributed by atoms with E-state index in [0.29, 0.717) is 5.92 Å². The van der Waals surface area contributed by atoms with E-state index in [-0.39, 0.29) is 0 Å². The third-order valence-electron chi connectivity index (χ3n) is 3.69. The lowest BCUT2D eigenvalue weighted by Crippen LogP contribution is -2.33. The zero-order valence-corrected chi connectivity index (χ0v) is 12.1. The van der Waals surface area contributed by atoms with E-state index in [0.717, 1.165) is 36.9 Å². The lowest BCUT2D eigenvalue weighted by atomic mass is 10.0. The fourth-order valence-electron chi connectivity index (χ4n) is 2.51. The first-order chi connectivity index (χ1) is 10.4. The summed E-state index contributed by atoms with van der Waals surface area (Å²) in [5, 5.41) is 3.41. The van der Waals surface area contributed by atoms with Crippen LogP contribution in [0.5, 0.6) is 17.2 Å². The van der Waals surface area contributed by atoms with E-state index in [9.17, 15) is 0 Å². The van der Waals surface area contributed by atoms with Crippen molar-refractivity contribution in [1.29, 1.82) is 0 Å². The summed E-state index contributed by atoms with van der Waals surface area (Å²) in [4.78, 5) is 0. The van der Waals surface area contributed by atoms with Crippen molar-refractivity contribution in [2.24, 2.45) is 5.92 Å². The summed E-state index contributed by atoms with van der Waals surface area (Å²) < 4.78 is 11.6. The fourth-order valence-corrected chi connectivity index (χ4v) is 2.51. The van der Waals surface area contributed by atoms with Crippen molar-refractivity contribution < 1.29 is 9.47 Å². The number of piperidine rings is 1. The highest BCUT2D eigenvalue weighted by atomic mass is 16.5. The SMILES string of the molecule is c1ccc(Oc2ccc(OCC3CCCNC3)cc2)cc1. The maximum absolute atomic E-state index is 5.86. The van der Waals surface area contributed by atoms with E-state index in [1.165, 1.54) is 12.8 Å². The summed E-state index contributed by atoms with van der Waals surface area (Å²) in [7, 11) is 0. The number of para-hydroxylation sites is 1. The van der Waals surface area contributed by atoms with Crippen LogP contribution in [0.1, 0.15) is 12.8 Å². The first kappa shape index (κ1) is 14.0. The summed E-state index contributed by atoms with van der Waals surface area (Å²) in [5.74, 6) is 3.20. The van der Waals surface area contributed by atoms with Crippen LogP contribution in [0.25, 0.3) is 0 Å². The van der Waals surface area contributed by atoms with Crippen LogP contribution >= 0.6 is 0 Å². The van der Waals surface area contributed by atoms with Crippen LogP contribution in [0.3, 0.4) is 0 Å². The molecule has 0 amide bonds. The van der Waals surface area contributed by atoms with Crippen molar-refractivity contribution in [2.45, 2.75) is 12.8 Å². The lowest BCUT2D eigenvalue weighted by molar-refractivity contribution is 0.218. The molecule has 0 bridgehead atoms. The average molecular weight is 283 g/mol. The van der Waals surface area contributed by atoms with Crippen molar-refractivity contribution in [3.05, 3.63) is 54.6 Å². The average Bonchev–Trinajstić information content (AvgIpc) is 2.56. The summed E-state index contributed by atoms with van der Waals surface area (Å²) in [6.07, 6.45) is 2.50. The van der Waals surface area contributed by atoms with Crippen LogP contribution in [0.4, 0.5) is 0 Å². The van der Waals surface area contributed by atoms with Crippen LogP contribution in [0.15, 0.2) is 54.6 Å². The number of benzene rings is 2. The van der Waals surface area contributed by atoms with Crippen LogP contribution in [0.2, 0.25) is 0 Å². The van der Waals surface area contributed by atoms with Gasteiger partial charge in [-0.15, -0.1) is 0 Å². The minimum Gasteiger partial charge on any atom is -0.493 e. The summed E-state index contributed by atoms with van der Waals surface area (Å²) in [5.41, 5.74) is 0. The molecule has 110 valence electrons. The Labute approximate surface area is 125 Å². The van der Waals surface area contributed by atoms with E-state index in [1.807, 2.05) is 54.6 Å². The number of rotatable bonds is 5. The number of hydrogen-bond donors (Lipinski definition) is 1. The predicted molar refractivity (Wildman–Crippen MR) is 84.0 cm³/mol. The molecule has 1 atom stereocenters. The third kappa shape index (κ3) is 4.23. The second-order valence-electron chi connectivity index (χ2n) is 5.41. The Bertz CT molecular complexity index is 533. The van der Waals surface area contributed by atoms with E-state index < -0.39 is 0 Å². The highest BCUT2D eigenvalue weighted by Gasteiger charge is 2.13. The van der Waals surface area contributed by atoms with Gasteiger partial charge >= 0.3 is 0 Å². The van der Waals surface area contributed by atoms with Gasteiger partial charge in [0, 0.05) is 12.5 Å². The molecule has 1 aliphatic rings. The van der Waals surface area contributed by atoms with Crippen molar-refractivity contribution in [3.63, 3.8) is 0 Å². The monoisotopic (exact) mass is 283 g/mol. The van der Waals surface area contributed by atoms with E-state index in [4.69, 9.17) is 9.47 Å². The highest BCUT2D eigenvalue weighted by molar-refractivity contribution is 5.35. The molecule has 2 aromatic rings. The largest absolute Gasteiger partial charge is 0.493 e. The van der Waals surface area contributed by atoms with E-state index in [2.05, 4.69) is 5.32 Å². The molecule has 1 saturated heterocycles. The first-order valence-corrected chi connectivity index (χ1v) is 7.56. The van der Waals surface area contributed by atoms with Gasteiger partial charge in [0.1, 0.15) is 17.2 Å². The van der Waals surface area contributed by atoms with Crippen LogP contribution < -0.4 is 14.8 Å². The molecule has 3 heteroatoms.